The normalized spacial score (nSPS) is 11.7. The minimum atomic E-state index is -1.74. The molecule has 0 radical (unpaired) electrons. The molecule has 2 rings (SSSR count). The maximum absolute atomic E-state index is 13.6. The van der Waals surface area contributed by atoms with Crippen LogP contribution in [0.3, 0.4) is 0 Å². The molecule has 0 amide bonds. The summed E-state index contributed by atoms with van der Waals surface area (Å²) in [6.45, 7) is 0. The summed E-state index contributed by atoms with van der Waals surface area (Å²) in [6, 6.07) is 9.52. The SMILES string of the molecule is COc1ccc(CS(=O)c2cc(F)ccc2F)cc1C#N. The molecule has 1 unspecified atom stereocenters. The Hall–Kier alpha value is -2.26. The fourth-order valence-electron chi connectivity index (χ4n) is 1.81. The van der Waals surface area contributed by atoms with Gasteiger partial charge in [0, 0.05) is 0 Å². The smallest absolute Gasteiger partial charge is 0.139 e. The van der Waals surface area contributed by atoms with Gasteiger partial charge in [-0.3, -0.25) is 4.21 Å². The maximum atomic E-state index is 13.6. The molecule has 0 bridgehead atoms. The fraction of sp³-hybridized carbons (Fsp3) is 0.133. The topological polar surface area (TPSA) is 50.1 Å². The molecular formula is C15H11F2NO2S. The predicted octanol–water partition coefficient (Wildman–Crippen LogP) is 3.15. The van der Waals surface area contributed by atoms with Gasteiger partial charge in [0.25, 0.3) is 0 Å². The van der Waals surface area contributed by atoms with Crippen LogP contribution in [0.25, 0.3) is 0 Å². The van der Waals surface area contributed by atoms with E-state index in [1.54, 1.807) is 12.1 Å². The molecule has 0 fully saturated rings. The van der Waals surface area contributed by atoms with Gasteiger partial charge in [-0.15, -0.1) is 0 Å². The van der Waals surface area contributed by atoms with E-state index in [-0.39, 0.29) is 10.6 Å². The van der Waals surface area contributed by atoms with Crippen molar-refractivity contribution in [1.82, 2.24) is 0 Å². The molecule has 0 aliphatic carbocycles. The lowest BCUT2D eigenvalue weighted by Crippen LogP contribution is -2.01. The van der Waals surface area contributed by atoms with Crippen LogP contribution in [0.1, 0.15) is 11.1 Å². The lowest BCUT2D eigenvalue weighted by atomic mass is 10.1. The highest BCUT2D eigenvalue weighted by Crippen LogP contribution is 2.22. The van der Waals surface area contributed by atoms with Crippen LogP contribution in [0, 0.1) is 23.0 Å². The third-order valence-corrected chi connectivity index (χ3v) is 4.22. The zero-order chi connectivity index (χ0) is 15.4. The second-order valence-electron chi connectivity index (χ2n) is 4.21. The van der Waals surface area contributed by atoms with Crippen LogP contribution in [0.5, 0.6) is 5.75 Å². The van der Waals surface area contributed by atoms with Crippen molar-refractivity contribution in [3.63, 3.8) is 0 Å². The fourth-order valence-corrected chi connectivity index (χ4v) is 2.98. The highest BCUT2D eigenvalue weighted by molar-refractivity contribution is 7.84. The highest BCUT2D eigenvalue weighted by atomic mass is 32.2. The Morgan fingerprint density at radius 3 is 2.67 bits per heavy atom. The van der Waals surface area contributed by atoms with Crippen molar-refractivity contribution >= 4 is 10.8 Å². The van der Waals surface area contributed by atoms with Gasteiger partial charge in [-0.05, 0) is 35.9 Å². The minimum absolute atomic E-state index is 0.0148. The van der Waals surface area contributed by atoms with Gasteiger partial charge in [-0.25, -0.2) is 8.78 Å². The molecule has 0 aromatic heterocycles. The molecule has 0 saturated carbocycles. The van der Waals surface area contributed by atoms with Crippen LogP contribution >= 0.6 is 0 Å². The summed E-state index contributed by atoms with van der Waals surface area (Å²) >= 11 is 0. The van der Waals surface area contributed by atoms with Crippen molar-refractivity contribution < 1.29 is 17.7 Å². The van der Waals surface area contributed by atoms with Gasteiger partial charge in [0.05, 0.1) is 34.1 Å². The average Bonchev–Trinajstić information content (AvgIpc) is 2.49. The van der Waals surface area contributed by atoms with E-state index in [0.29, 0.717) is 16.9 Å². The molecule has 2 aromatic carbocycles. The standard InChI is InChI=1S/C15H11F2NO2S/c1-20-14-5-2-10(6-11(14)8-18)9-21(19)15-7-12(16)3-4-13(15)17/h2-7H,9H2,1H3. The highest BCUT2D eigenvalue weighted by Gasteiger charge is 2.13. The monoisotopic (exact) mass is 307 g/mol. The Kier molecular flexibility index (Phi) is 4.66. The molecule has 2 aromatic rings. The number of nitrogens with zero attached hydrogens (tertiary/aromatic N) is 1. The summed E-state index contributed by atoms with van der Waals surface area (Å²) in [5.74, 6) is -0.973. The Labute approximate surface area is 123 Å². The van der Waals surface area contributed by atoms with E-state index in [9.17, 15) is 13.0 Å². The summed E-state index contributed by atoms with van der Waals surface area (Å²) in [6.07, 6.45) is 0. The van der Waals surface area contributed by atoms with E-state index in [1.807, 2.05) is 6.07 Å². The number of halogens is 2. The third-order valence-electron chi connectivity index (χ3n) is 2.82. The quantitative estimate of drug-likeness (QED) is 0.872. The number of hydrogen-bond acceptors (Lipinski definition) is 3. The largest absolute Gasteiger partial charge is 0.495 e. The van der Waals surface area contributed by atoms with E-state index in [0.717, 1.165) is 18.2 Å². The van der Waals surface area contributed by atoms with Crippen molar-refractivity contribution in [2.45, 2.75) is 10.6 Å². The lowest BCUT2D eigenvalue weighted by Gasteiger charge is -2.07. The van der Waals surface area contributed by atoms with Gasteiger partial charge in [0.1, 0.15) is 23.5 Å². The summed E-state index contributed by atoms with van der Waals surface area (Å²) in [5, 5.41) is 8.99. The van der Waals surface area contributed by atoms with Gasteiger partial charge in [0.15, 0.2) is 0 Å². The molecule has 108 valence electrons. The number of ether oxygens (including phenoxy) is 1. The van der Waals surface area contributed by atoms with Crippen LogP contribution in [0.4, 0.5) is 8.78 Å². The molecule has 6 heteroatoms. The molecular weight excluding hydrogens is 296 g/mol. The maximum Gasteiger partial charge on any atom is 0.139 e. The molecule has 3 nitrogen and oxygen atoms in total. The van der Waals surface area contributed by atoms with Gasteiger partial charge in [-0.2, -0.15) is 5.26 Å². The van der Waals surface area contributed by atoms with E-state index < -0.39 is 22.4 Å². The molecule has 0 aliphatic rings. The Morgan fingerprint density at radius 1 is 1.24 bits per heavy atom. The van der Waals surface area contributed by atoms with Crippen molar-refractivity contribution in [1.29, 1.82) is 5.26 Å². The summed E-state index contributed by atoms with van der Waals surface area (Å²) in [7, 11) is -0.300. The average molecular weight is 307 g/mol. The van der Waals surface area contributed by atoms with Gasteiger partial charge in [-0.1, -0.05) is 6.07 Å². The van der Waals surface area contributed by atoms with Crippen LogP contribution in [-0.2, 0) is 16.6 Å². The molecule has 0 heterocycles. The summed E-state index contributed by atoms with van der Waals surface area (Å²) in [5.41, 5.74) is 0.876. The third kappa shape index (κ3) is 3.44. The first-order valence-corrected chi connectivity index (χ1v) is 7.27. The lowest BCUT2D eigenvalue weighted by molar-refractivity contribution is 0.413. The Bertz CT molecular complexity index is 741. The predicted molar refractivity (Wildman–Crippen MR) is 74.2 cm³/mol. The van der Waals surface area contributed by atoms with Crippen molar-refractivity contribution in [2.75, 3.05) is 7.11 Å². The van der Waals surface area contributed by atoms with Crippen LogP contribution in [-0.4, -0.2) is 11.3 Å². The Balaban J connectivity index is 2.28. The minimum Gasteiger partial charge on any atom is -0.495 e. The molecule has 0 saturated heterocycles. The van der Waals surface area contributed by atoms with Crippen molar-refractivity contribution in [3.8, 4) is 11.8 Å². The zero-order valence-corrected chi connectivity index (χ0v) is 11.9. The first-order valence-electron chi connectivity index (χ1n) is 5.95. The molecule has 0 N–H and O–H groups in total. The van der Waals surface area contributed by atoms with E-state index >= 15 is 0 Å². The van der Waals surface area contributed by atoms with E-state index in [1.165, 1.54) is 13.2 Å². The van der Waals surface area contributed by atoms with Gasteiger partial charge < -0.3 is 4.74 Å². The molecule has 0 spiro atoms. The molecule has 1 atom stereocenters. The van der Waals surface area contributed by atoms with Gasteiger partial charge >= 0.3 is 0 Å². The summed E-state index contributed by atoms with van der Waals surface area (Å²) in [4.78, 5) is -0.190. The number of hydrogen-bond donors (Lipinski definition) is 0. The molecule has 21 heavy (non-hydrogen) atoms. The Morgan fingerprint density at radius 2 is 2.00 bits per heavy atom. The van der Waals surface area contributed by atoms with Crippen molar-refractivity contribution in [2.24, 2.45) is 0 Å². The van der Waals surface area contributed by atoms with Crippen LogP contribution in [0.15, 0.2) is 41.3 Å². The number of benzene rings is 2. The van der Waals surface area contributed by atoms with E-state index in [4.69, 9.17) is 10.00 Å². The molecule has 0 aliphatic heterocycles. The van der Waals surface area contributed by atoms with E-state index in [2.05, 4.69) is 0 Å². The number of methoxy groups -OCH3 is 1. The summed E-state index contributed by atoms with van der Waals surface area (Å²) < 4.78 is 43.8. The number of rotatable bonds is 4. The first kappa shape index (κ1) is 15.1. The number of nitriles is 1. The van der Waals surface area contributed by atoms with Crippen molar-refractivity contribution in [3.05, 3.63) is 59.2 Å². The van der Waals surface area contributed by atoms with Crippen LogP contribution < -0.4 is 4.74 Å². The second-order valence-corrected chi connectivity index (χ2v) is 5.63. The first-order chi connectivity index (χ1) is 10.0. The zero-order valence-electron chi connectivity index (χ0n) is 11.1. The van der Waals surface area contributed by atoms with Crippen LogP contribution in [0.2, 0.25) is 0 Å². The second kappa shape index (κ2) is 6.46. The van der Waals surface area contributed by atoms with Gasteiger partial charge in [0.2, 0.25) is 0 Å².